The molecule has 0 aromatic rings. The summed E-state index contributed by atoms with van der Waals surface area (Å²) in [6, 6.07) is 0. The Morgan fingerprint density at radius 2 is 1.26 bits per heavy atom. The number of ether oxygens (including phenoxy) is 3. The van der Waals surface area contributed by atoms with Crippen LogP contribution in [0.15, 0.2) is 0 Å². The van der Waals surface area contributed by atoms with Crippen LogP contribution in [0.1, 0.15) is 27.7 Å². The number of hydrogen-bond donors (Lipinski definition) is 0. The van der Waals surface area contributed by atoms with Crippen LogP contribution in [0.3, 0.4) is 0 Å². The van der Waals surface area contributed by atoms with Crippen molar-refractivity contribution in [3.05, 3.63) is 0 Å². The SMILES string of the molecule is CC(=O)N(C)C.CC(=O)OC(C)C.COC(=O)OC. The lowest BCUT2D eigenvalue weighted by Gasteiger charge is -2.02. The molecule has 0 saturated heterocycles. The van der Waals surface area contributed by atoms with Gasteiger partial charge in [-0.25, -0.2) is 4.79 Å². The Hall–Kier alpha value is -1.79. The summed E-state index contributed by atoms with van der Waals surface area (Å²) in [6.07, 6.45) is -0.632. The van der Waals surface area contributed by atoms with Gasteiger partial charge >= 0.3 is 12.1 Å². The van der Waals surface area contributed by atoms with E-state index in [2.05, 4.69) is 14.2 Å². The summed E-state index contributed by atoms with van der Waals surface area (Å²) in [7, 11) is 5.96. The monoisotopic (exact) mass is 279 g/mol. The molecule has 0 aliphatic heterocycles. The number of carbonyl (C=O) groups excluding carboxylic acids is 3. The summed E-state index contributed by atoms with van der Waals surface area (Å²) in [5.74, 6) is -0.120. The van der Waals surface area contributed by atoms with Crippen LogP contribution in [0.2, 0.25) is 0 Å². The lowest BCUT2D eigenvalue weighted by Crippen LogP contribution is -2.17. The highest BCUT2D eigenvalue weighted by molar-refractivity contribution is 5.72. The average molecular weight is 279 g/mol. The van der Waals surface area contributed by atoms with Gasteiger partial charge in [0.1, 0.15) is 0 Å². The summed E-state index contributed by atoms with van der Waals surface area (Å²) < 4.78 is 12.7. The summed E-state index contributed by atoms with van der Waals surface area (Å²) in [5.41, 5.74) is 0. The molecule has 0 bridgehead atoms. The Kier molecular flexibility index (Phi) is 16.8. The summed E-state index contributed by atoms with van der Waals surface area (Å²) in [4.78, 5) is 31.4. The van der Waals surface area contributed by atoms with Crippen LogP contribution in [0.5, 0.6) is 0 Å². The first-order valence-corrected chi connectivity index (χ1v) is 5.55. The first-order valence-electron chi connectivity index (χ1n) is 5.55. The van der Waals surface area contributed by atoms with Gasteiger partial charge in [0, 0.05) is 27.9 Å². The first-order chi connectivity index (χ1) is 8.58. The highest BCUT2D eigenvalue weighted by atomic mass is 16.7. The quantitative estimate of drug-likeness (QED) is 0.676. The van der Waals surface area contributed by atoms with Crippen LogP contribution in [-0.2, 0) is 23.8 Å². The minimum Gasteiger partial charge on any atom is -0.463 e. The van der Waals surface area contributed by atoms with Crippen molar-refractivity contribution in [1.82, 2.24) is 4.90 Å². The van der Waals surface area contributed by atoms with Crippen LogP contribution in [0.4, 0.5) is 4.79 Å². The minimum atomic E-state index is -0.657. The van der Waals surface area contributed by atoms with Crippen molar-refractivity contribution in [3.8, 4) is 0 Å². The molecule has 19 heavy (non-hydrogen) atoms. The molecule has 0 aliphatic rings. The number of amides is 1. The van der Waals surface area contributed by atoms with E-state index in [-0.39, 0.29) is 18.0 Å². The van der Waals surface area contributed by atoms with E-state index in [0.29, 0.717) is 0 Å². The van der Waals surface area contributed by atoms with Crippen molar-refractivity contribution in [2.75, 3.05) is 28.3 Å². The van der Waals surface area contributed by atoms with E-state index in [4.69, 9.17) is 0 Å². The first kappa shape index (κ1) is 22.4. The third kappa shape index (κ3) is 31.4. The van der Waals surface area contributed by atoms with Crippen LogP contribution >= 0.6 is 0 Å². The maximum atomic E-state index is 10.1. The van der Waals surface area contributed by atoms with E-state index >= 15 is 0 Å². The molecule has 1 amide bonds. The molecule has 0 unspecified atom stereocenters. The largest absolute Gasteiger partial charge is 0.507 e. The molecule has 114 valence electrons. The Labute approximate surface area is 114 Å². The van der Waals surface area contributed by atoms with E-state index < -0.39 is 6.16 Å². The lowest BCUT2D eigenvalue weighted by atomic mass is 10.5. The zero-order valence-corrected chi connectivity index (χ0v) is 13.0. The van der Waals surface area contributed by atoms with Crippen molar-refractivity contribution >= 4 is 18.0 Å². The van der Waals surface area contributed by atoms with Crippen LogP contribution < -0.4 is 0 Å². The molecule has 0 aromatic carbocycles. The van der Waals surface area contributed by atoms with E-state index in [0.717, 1.165) is 0 Å². The number of hydrogen-bond acceptors (Lipinski definition) is 6. The third-order valence-electron chi connectivity index (χ3n) is 1.36. The Balaban J connectivity index is -0.000000203. The molecule has 0 fully saturated rings. The second kappa shape index (κ2) is 14.3. The van der Waals surface area contributed by atoms with E-state index in [1.807, 2.05) is 13.8 Å². The van der Waals surface area contributed by atoms with Crippen LogP contribution in [0.25, 0.3) is 0 Å². The van der Waals surface area contributed by atoms with Gasteiger partial charge in [0.2, 0.25) is 5.91 Å². The summed E-state index contributed by atoms with van der Waals surface area (Å²) >= 11 is 0. The van der Waals surface area contributed by atoms with Crippen molar-refractivity contribution in [1.29, 1.82) is 0 Å². The van der Waals surface area contributed by atoms with E-state index in [1.54, 1.807) is 14.1 Å². The van der Waals surface area contributed by atoms with Crippen LogP contribution in [0, 0.1) is 0 Å². The highest BCUT2D eigenvalue weighted by Crippen LogP contribution is 1.85. The fourth-order valence-corrected chi connectivity index (χ4v) is 0.415. The van der Waals surface area contributed by atoms with Gasteiger partial charge in [0.05, 0.1) is 20.3 Å². The molecule has 0 atom stereocenters. The van der Waals surface area contributed by atoms with Gasteiger partial charge in [-0.1, -0.05) is 0 Å². The maximum Gasteiger partial charge on any atom is 0.507 e. The fraction of sp³-hybridized carbons (Fsp3) is 0.750. The molecule has 0 rings (SSSR count). The number of carbonyl (C=O) groups is 3. The van der Waals surface area contributed by atoms with Crippen molar-refractivity contribution in [2.45, 2.75) is 33.8 Å². The molecule has 0 N–H and O–H groups in total. The summed E-state index contributed by atoms with van der Waals surface area (Å²) in [6.45, 7) is 6.57. The topological polar surface area (TPSA) is 82.1 Å². The van der Waals surface area contributed by atoms with Gasteiger partial charge in [0.25, 0.3) is 0 Å². The van der Waals surface area contributed by atoms with Crippen molar-refractivity contribution in [2.24, 2.45) is 0 Å². The van der Waals surface area contributed by atoms with Gasteiger partial charge in [-0.2, -0.15) is 0 Å². The Bertz CT molecular complexity index is 255. The summed E-state index contributed by atoms with van der Waals surface area (Å²) in [5, 5.41) is 0. The number of methoxy groups -OCH3 is 2. The molecule has 0 aliphatic carbocycles. The van der Waals surface area contributed by atoms with Gasteiger partial charge in [-0.3, -0.25) is 9.59 Å². The smallest absolute Gasteiger partial charge is 0.463 e. The molecule has 0 spiro atoms. The van der Waals surface area contributed by atoms with Gasteiger partial charge in [-0.05, 0) is 13.8 Å². The van der Waals surface area contributed by atoms with Crippen molar-refractivity contribution in [3.63, 3.8) is 0 Å². The predicted octanol–water partition coefficient (Wildman–Crippen LogP) is 1.45. The zero-order valence-electron chi connectivity index (χ0n) is 13.0. The van der Waals surface area contributed by atoms with E-state index in [1.165, 1.54) is 33.0 Å². The lowest BCUT2D eigenvalue weighted by molar-refractivity contribution is -0.144. The minimum absolute atomic E-state index is 0.0255. The number of rotatable bonds is 1. The van der Waals surface area contributed by atoms with Gasteiger partial charge < -0.3 is 19.1 Å². The molecule has 0 heterocycles. The highest BCUT2D eigenvalue weighted by Gasteiger charge is 1.93. The Morgan fingerprint density at radius 1 is 0.947 bits per heavy atom. The molecule has 0 saturated carbocycles. The molecule has 7 heteroatoms. The molecule has 7 nitrogen and oxygen atoms in total. The van der Waals surface area contributed by atoms with E-state index in [9.17, 15) is 14.4 Å². The normalized spacial score (nSPS) is 8.05. The predicted molar refractivity (Wildman–Crippen MR) is 70.7 cm³/mol. The standard InChI is InChI=1S/C5H10O2.C4H9NO.C3H6O3/c1-4(2)7-5(3)6;1-4(6)5(2)3;1-5-3(4)6-2/h4H,1-3H3;1-3H3;1-2H3. The zero-order chi connectivity index (χ0) is 16.0. The number of nitrogens with zero attached hydrogens (tertiary/aromatic N) is 1. The van der Waals surface area contributed by atoms with Crippen LogP contribution in [-0.4, -0.2) is 57.4 Å². The maximum absolute atomic E-state index is 10.1. The number of esters is 1. The molecular weight excluding hydrogens is 254 g/mol. The second-order valence-corrected chi connectivity index (χ2v) is 3.73. The van der Waals surface area contributed by atoms with Crippen molar-refractivity contribution < 1.29 is 28.6 Å². The van der Waals surface area contributed by atoms with Gasteiger partial charge in [-0.15, -0.1) is 0 Å². The third-order valence-corrected chi connectivity index (χ3v) is 1.36. The molecule has 0 aromatic heterocycles. The fourth-order valence-electron chi connectivity index (χ4n) is 0.415. The Morgan fingerprint density at radius 3 is 1.26 bits per heavy atom. The molecular formula is C12H25NO6. The second-order valence-electron chi connectivity index (χ2n) is 3.73. The molecule has 0 radical (unpaired) electrons. The van der Waals surface area contributed by atoms with Gasteiger partial charge in [0.15, 0.2) is 0 Å². The average Bonchev–Trinajstić information content (AvgIpc) is 2.27.